The summed E-state index contributed by atoms with van der Waals surface area (Å²) in [6.07, 6.45) is 1.12. The molecular formula is C19H16ClN3. The Morgan fingerprint density at radius 2 is 1.65 bits per heavy atom. The summed E-state index contributed by atoms with van der Waals surface area (Å²) in [6, 6.07) is 22.4. The molecule has 0 aliphatic carbocycles. The van der Waals surface area contributed by atoms with Crippen LogP contribution in [0, 0.1) is 11.3 Å². The van der Waals surface area contributed by atoms with Crippen LogP contribution >= 0.6 is 11.6 Å². The summed E-state index contributed by atoms with van der Waals surface area (Å²) in [5, 5.41) is 9.50. The molecule has 0 spiro atoms. The van der Waals surface area contributed by atoms with Crippen molar-refractivity contribution in [2.45, 2.75) is 19.4 Å². The molecule has 0 amide bonds. The average Bonchev–Trinajstić information content (AvgIpc) is 2.91. The highest BCUT2D eigenvalue weighted by Crippen LogP contribution is 2.26. The van der Waals surface area contributed by atoms with Crippen LogP contribution in [0.3, 0.4) is 0 Å². The molecule has 114 valence electrons. The van der Waals surface area contributed by atoms with E-state index in [1.54, 1.807) is 0 Å². The fourth-order valence-electron chi connectivity index (χ4n) is 2.63. The number of benzene rings is 2. The maximum absolute atomic E-state index is 9.08. The molecule has 0 atom stereocenters. The fraction of sp³-hybridized carbons (Fsp3) is 0.158. The SMILES string of the molecule is N#CCc1c(Cl)nc(-c2ccccc2)n1CCc1ccccc1. The lowest BCUT2D eigenvalue weighted by atomic mass is 10.1. The number of nitriles is 1. The van der Waals surface area contributed by atoms with Crippen molar-refractivity contribution in [3.63, 3.8) is 0 Å². The van der Waals surface area contributed by atoms with E-state index in [4.69, 9.17) is 16.9 Å². The van der Waals surface area contributed by atoms with Gasteiger partial charge in [0.1, 0.15) is 5.82 Å². The van der Waals surface area contributed by atoms with Crippen LogP contribution in [0.1, 0.15) is 11.3 Å². The van der Waals surface area contributed by atoms with Crippen molar-refractivity contribution in [3.8, 4) is 17.5 Å². The molecule has 0 aliphatic heterocycles. The molecule has 0 bridgehead atoms. The van der Waals surface area contributed by atoms with E-state index in [9.17, 15) is 0 Å². The van der Waals surface area contributed by atoms with Gasteiger partial charge in [-0.3, -0.25) is 0 Å². The Kier molecular flexibility index (Phi) is 4.75. The van der Waals surface area contributed by atoms with Crippen molar-refractivity contribution < 1.29 is 0 Å². The number of nitrogens with zero attached hydrogens (tertiary/aromatic N) is 3. The third kappa shape index (κ3) is 3.44. The van der Waals surface area contributed by atoms with Gasteiger partial charge in [0.15, 0.2) is 5.15 Å². The van der Waals surface area contributed by atoms with Crippen molar-refractivity contribution in [1.29, 1.82) is 5.26 Å². The average molecular weight is 322 g/mol. The zero-order valence-electron chi connectivity index (χ0n) is 12.6. The summed E-state index contributed by atoms with van der Waals surface area (Å²) in [5.74, 6) is 0.816. The number of aromatic nitrogens is 2. The van der Waals surface area contributed by atoms with Gasteiger partial charge in [-0.05, 0) is 12.0 Å². The number of hydrogen-bond donors (Lipinski definition) is 0. The van der Waals surface area contributed by atoms with Gasteiger partial charge in [-0.2, -0.15) is 5.26 Å². The maximum Gasteiger partial charge on any atom is 0.152 e. The second-order valence-electron chi connectivity index (χ2n) is 5.26. The molecule has 3 aromatic rings. The van der Waals surface area contributed by atoms with Crippen LogP contribution in [-0.4, -0.2) is 9.55 Å². The Morgan fingerprint density at radius 3 is 2.30 bits per heavy atom. The maximum atomic E-state index is 9.08. The van der Waals surface area contributed by atoms with Crippen LogP contribution in [-0.2, 0) is 19.4 Å². The number of hydrogen-bond acceptors (Lipinski definition) is 2. The van der Waals surface area contributed by atoms with E-state index in [0.717, 1.165) is 30.0 Å². The Morgan fingerprint density at radius 1 is 1.00 bits per heavy atom. The van der Waals surface area contributed by atoms with Gasteiger partial charge >= 0.3 is 0 Å². The van der Waals surface area contributed by atoms with Gasteiger partial charge in [-0.1, -0.05) is 72.3 Å². The largest absolute Gasteiger partial charge is 0.325 e. The normalized spacial score (nSPS) is 10.4. The quantitative estimate of drug-likeness (QED) is 0.693. The highest BCUT2D eigenvalue weighted by molar-refractivity contribution is 6.30. The topological polar surface area (TPSA) is 41.6 Å². The molecule has 0 unspecified atom stereocenters. The van der Waals surface area contributed by atoms with Gasteiger partial charge in [-0.15, -0.1) is 0 Å². The van der Waals surface area contributed by atoms with Gasteiger partial charge in [0.25, 0.3) is 0 Å². The number of imidazole rings is 1. The molecule has 3 rings (SSSR count). The van der Waals surface area contributed by atoms with Crippen molar-refractivity contribution >= 4 is 11.6 Å². The van der Waals surface area contributed by atoms with E-state index in [-0.39, 0.29) is 6.42 Å². The fourth-order valence-corrected chi connectivity index (χ4v) is 2.88. The summed E-state index contributed by atoms with van der Waals surface area (Å²) in [5.41, 5.74) is 3.04. The van der Waals surface area contributed by atoms with E-state index >= 15 is 0 Å². The van der Waals surface area contributed by atoms with Gasteiger partial charge in [0.2, 0.25) is 0 Å². The van der Waals surface area contributed by atoms with Crippen LogP contribution in [0.15, 0.2) is 60.7 Å². The van der Waals surface area contributed by atoms with Crippen LogP contribution in [0.2, 0.25) is 5.15 Å². The van der Waals surface area contributed by atoms with E-state index in [0.29, 0.717) is 5.15 Å². The molecule has 0 N–H and O–H groups in total. The van der Waals surface area contributed by atoms with Gasteiger partial charge in [-0.25, -0.2) is 4.98 Å². The highest BCUT2D eigenvalue weighted by atomic mass is 35.5. The van der Waals surface area contributed by atoms with Crippen LogP contribution in [0.25, 0.3) is 11.4 Å². The summed E-state index contributed by atoms with van der Waals surface area (Å²) >= 11 is 6.28. The highest BCUT2D eigenvalue weighted by Gasteiger charge is 2.16. The summed E-state index contributed by atoms with van der Waals surface area (Å²) < 4.78 is 2.06. The lowest BCUT2D eigenvalue weighted by molar-refractivity contribution is 0.678. The first-order chi connectivity index (χ1) is 11.3. The monoisotopic (exact) mass is 321 g/mol. The molecule has 3 nitrogen and oxygen atoms in total. The van der Waals surface area contributed by atoms with Crippen molar-refractivity contribution in [1.82, 2.24) is 9.55 Å². The van der Waals surface area contributed by atoms with Crippen molar-refractivity contribution in [2.24, 2.45) is 0 Å². The molecule has 23 heavy (non-hydrogen) atoms. The van der Waals surface area contributed by atoms with Crippen LogP contribution < -0.4 is 0 Å². The summed E-state index contributed by atoms with van der Waals surface area (Å²) in [4.78, 5) is 4.49. The Labute approximate surface area is 140 Å². The molecule has 0 radical (unpaired) electrons. The lowest BCUT2D eigenvalue weighted by Crippen LogP contribution is -2.07. The predicted molar refractivity (Wildman–Crippen MR) is 92.1 cm³/mol. The standard InChI is InChI=1S/C19H16ClN3/c20-18-17(11-13-21)23(14-12-15-7-3-1-4-8-15)19(22-18)16-9-5-2-6-10-16/h1-10H,11-12,14H2. The Bertz CT molecular complexity index is 817. The molecule has 0 fully saturated rings. The molecule has 4 heteroatoms. The number of halogens is 1. The molecule has 1 heterocycles. The zero-order chi connectivity index (χ0) is 16.1. The smallest absolute Gasteiger partial charge is 0.152 e. The van der Waals surface area contributed by atoms with E-state index < -0.39 is 0 Å². The molecule has 0 saturated heterocycles. The van der Waals surface area contributed by atoms with Crippen LogP contribution in [0.5, 0.6) is 0 Å². The minimum Gasteiger partial charge on any atom is -0.325 e. The summed E-state index contributed by atoms with van der Waals surface area (Å²) in [6.45, 7) is 0.741. The second-order valence-corrected chi connectivity index (χ2v) is 5.62. The van der Waals surface area contributed by atoms with E-state index in [1.807, 2.05) is 48.5 Å². The first kappa shape index (κ1) is 15.3. The molecule has 0 saturated carbocycles. The summed E-state index contributed by atoms with van der Waals surface area (Å²) in [7, 11) is 0. The minimum absolute atomic E-state index is 0.257. The number of rotatable bonds is 5. The van der Waals surface area contributed by atoms with Gasteiger partial charge < -0.3 is 4.57 Å². The predicted octanol–water partition coefficient (Wildman–Crippen LogP) is 4.51. The molecule has 2 aromatic carbocycles. The Balaban J connectivity index is 1.97. The lowest BCUT2D eigenvalue weighted by Gasteiger charge is -2.11. The van der Waals surface area contributed by atoms with Crippen LogP contribution in [0.4, 0.5) is 0 Å². The van der Waals surface area contributed by atoms with E-state index in [2.05, 4.69) is 27.8 Å². The molecule has 1 aromatic heterocycles. The van der Waals surface area contributed by atoms with Gasteiger partial charge in [0.05, 0.1) is 18.2 Å². The minimum atomic E-state index is 0.257. The Hall–Kier alpha value is -2.57. The van der Waals surface area contributed by atoms with Crippen molar-refractivity contribution in [3.05, 3.63) is 77.1 Å². The van der Waals surface area contributed by atoms with Gasteiger partial charge in [0, 0.05) is 12.1 Å². The molecular weight excluding hydrogens is 306 g/mol. The van der Waals surface area contributed by atoms with E-state index in [1.165, 1.54) is 5.56 Å². The first-order valence-electron chi connectivity index (χ1n) is 7.51. The zero-order valence-corrected chi connectivity index (χ0v) is 13.4. The van der Waals surface area contributed by atoms with Crippen molar-refractivity contribution in [2.75, 3.05) is 0 Å². The third-order valence-electron chi connectivity index (χ3n) is 3.77. The second kappa shape index (κ2) is 7.13. The first-order valence-corrected chi connectivity index (χ1v) is 7.88. The number of aryl methyl sites for hydroxylation is 1. The third-order valence-corrected chi connectivity index (χ3v) is 4.07. The molecule has 0 aliphatic rings.